The van der Waals surface area contributed by atoms with Gasteiger partial charge in [-0.1, -0.05) is 12.1 Å². The Morgan fingerprint density at radius 1 is 1.33 bits per heavy atom. The van der Waals surface area contributed by atoms with Gasteiger partial charge in [-0.05, 0) is 43.5 Å². The van der Waals surface area contributed by atoms with Crippen LogP contribution in [0.2, 0.25) is 0 Å². The second-order valence-electron chi connectivity index (χ2n) is 6.04. The number of ether oxygens (including phenoxy) is 1. The topological polar surface area (TPSA) is 54.7 Å². The average molecular weight is 328 g/mol. The normalized spacial score (nSPS) is 15.5. The van der Waals surface area contributed by atoms with Gasteiger partial charge in [0.05, 0.1) is 18.4 Å². The Balaban J connectivity index is 1.45. The second kappa shape index (κ2) is 8.02. The number of furan rings is 1. The molecule has 0 unspecified atom stereocenters. The maximum absolute atomic E-state index is 12.3. The van der Waals surface area contributed by atoms with Crippen molar-refractivity contribution in [3.8, 4) is 5.75 Å². The molecular weight excluding hydrogens is 304 g/mol. The molecule has 2 aromatic rings. The minimum Gasteiger partial charge on any atom is -0.494 e. The Labute approximate surface area is 142 Å². The summed E-state index contributed by atoms with van der Waals surface area (Å²) in [4.78, 5) is 14.2. The summed E-state index contributed by atoms with van der Waals surface area (Å²) in [6.07, 6.45) is 4.99. The number of nitrogens with zero attached hydrogens (tertiary/aromatic N) is 1. The van der Waals surface area contributed by atoms with E-state index < -0.39 is 0 Å². The van der Waals surface area contributed by atoms with Crippen LogP contribution in [0.1, 0.15) is 35.7 Å². The van der Waals surface area contributed by atoms with E-state index in [1.807, 2.05) is 24.0 Å². The van der Waals surface area contributed by atoms with Gasteiger partial charge in [-0.3, -0.25) is 4.79 Å². The zero-order valence-corrected chi connectivity index (χ0v) is 14.0. The van der Waals surface area contributed by atoms with E-state index in [1.54, 1.807) is 6.07 Å². The summed E-state index contributed by atoms with van der Waals surface area (Å²) in [7, 11) is 0. The summed E-state index contributed by atoms with van der Waals surface area (Å²) in [6.45, 7) is 5.05. The van der Waals surface area contributed by atoms with Gasteiger partial charge in [0, 0.05) is 25.7 Å². The van der Waals surface area contributed by atoms with E-state index >= 15 is 0 Å². The Morgan fingerprint density at radius 3 is 2.88 bits per heavy atom. The highest BCUT2D eigenvalue weighted by Gasteiger charge is 2.23. The van der Waals surface area contributed by atoms with Crippen molar-refractivity contribution in [2.45, 2.75) is 32.4 Å². The van der Waals surface area contributed by atoms with E-state index in [0.29, 0.717) is 18.2 Å². The number of carbonyl (C=O) groups excluding carboxylic acids is 1. The number of carbonyl (C=O) groups is 1. The first kappa shape index (κ1) is 16.6. The molecule has 1 aromatic heterocycles. The number of piperidine rings is 1. The summed E-state index contributed by atoms with van der Waals surface area (Å²) >= 11 is 0. The molecule has 1 aromatic carbocycles. The van der Waals surface area contributed by atoms with Crippen LogP contribution >= 0.6 is 0 Å². The molecule has 5 nitrogen and oxygen atoms in total. The molecule has 0 spiro atoms. The van der Waals surface area contributed by atoms with E-state index in [0.717, 1.165) is 38.2 Å². The minimum absolute atomic E-state index is 0.0617. The van der Waals surface area contributed by atoms with E-state index in [4.69, 9.17) is 9.15 Å². The van der Waals surface area contributed by atoms with E-state index in [9.17, 15) is 4.79 Å². The van der Waals surface area contributed by atoms with Gasteiger partial charge in [-0.15, -0.1) is 0 Å². The smallest absolute Gasteiger partial charge is 0.257 e. The predicted octanol–water partition coefficient (Wildman–Crippen LogP) is 3.07. The molecule has 0 atom stereocenters. The number of hydrogen-bond acceptors (Lipinski definition) is 4. The van der Waals surface area contributed by atoms with Crippen LogP contribution in [0.25, 0.3) is 0 Å². The van der Waals surface area contributed by atoms with Crippen molar-refractivity contribution in [2.75, 3.05) is 19.7 Å². The molecule has 0 bridgehead atoms. The molecule has 2 heterocycles. The van der Waals surface area contributed by atoms with Crippen molar-refractivity contribution in [1.29, 1.82) is 0 Å². The van der Waals surface area contributed by atoms with Gasteiger partial charge < -0.3 is 19.4 Å². The maximum Gasteiger partial charge on any atom is 0.257 e. The lowest BCUT2D eigenvalue weighted by Gasteiger charge is -2.32. The van der Waals surface area contributed by atoms with Crippen LogP contribution < -0.4 is 10.1 Å². The first-order valence-corrected chi connectivity index (χ1v) is 8.53. The number of amides is 1. The molecule has 5 heteroatoms. The van der Waals surface area contributed by atoms with Gasteiger partial charge in [-0.25, -0.2) is 0 Å². The molecule has 3 rings (SSSR count). The lowest BCUT2D eigenvalue weighted by molar-refractivity contribution is 0.0704. The fourth-order valence-corrected chi connectivity index (χ4v) is 3.03. The van der Waals surface area contributed by atoms with Crippen molar-refractivity contribution in [1.82, 2.24) is 10.2 Å². The molecule has 1 fully saturated rings. The fraction of sp³-hybridized carbons (Fsp3) is 0.421. The van der Waals surface area contributed by atoms with E-state index in [2.05, 4.69) is 17.4 Å². The van der Waals surface area contributed by atoms with Crippen LogP contribution in [-0.2, 0) is 6.54 Å². The third kappa shape index (κ3) is 4.17. The number of hydrogen-bond donors (Lipinski definition) is 1. The second-order valence-corrected chi connectivity index (χ2v) is 6.04. The van der Waals surface area contributed by atoms with Crippen molar-refractivity contribution in [3.05, 3.63) is 54.0 Å². The van der Waals surface area contributed by atoms with Crippen molar-refractivity contribution in [2.24, 2.45) is 0 Å². The predicted molar refractivity (Wildman–Crippen MR) is 92.1 cm³/mol. The molecule has 1 aliphatic rings. The van der Waals surface area contributed by atoms with Crippen molar-refractivity contribution >= 4 is 5.91 Å². The number of nitrogens with one attached hydrogen (secondary N) is 1. The third-order valence-electron chi connectivity index (χ3n) is 4.35. The first-order chi connectivity index (χ1) is 11.8. The number of benzene rings is 1. The fourth-order valence-electron chi connectivity index (χ4n) is 3.03. The molecule has 0 saturated carbocycles. The first-order valence-electron chi connectivity index (χ1n) is 8.53. The lowest BCUT2D eigenvalue weighted by atomic mass is 10.0. The summed E-state index contributed by atoms with van der Waals surface area (Å²) in [5, 5.41) is 3.59. The molecule has 0 radical (unpaired) electrons. The van der Waals surface area contributed by atoms with Gasteiger partial charge in [0.25, 0.3) is 5.91 Å². The van der Waals surface area contributed by atoms with Crippen LogP contribution in [0.4, 0.5) is 0 Å². The zero-order chi connectivity index (χ0) is 16.8. The highest BCUT2D eigenvalue weighted by molar-refractivity contribution is 5.93. The van der Waals surface area contributed by atoms with Crippen molar-refractivity contribution in [3.63, 3.8) is 0 Å². The molecule has 1 amide bonds. The van der Waals surface area contributed by atoms with E-state index in [1.165, 1.54) is 18.1 Å². The van der Waals surface area contributed by atoms with Gasteiger partial charge in [0.1, 0.15) is 12.0 Å². The van der Waals surface area contributed by atoms with E-state index in [-0.39, 0.29) is 5.91 Å². The lowest BCUT2D eigenvalue weighted by Crippen LogP contribution is -2.44. The quantitative estimate of drug-likeness (QED) is 0.885. The Morgan fingerprint density at radius 2 is 2.17 bits per heavy atom. The van der Waals surface area contributed by atoms with Gasteiger partial charge in [0.2, 0.25) is 0 Å². The molecule has 128 valence electrons. The monoisotopic (exact) mass is 328 g/mol. The van der Waals surface area contributed by atoms with Gasteiger partial charge in [0.15, 0.2) is 0 Å². The summed E-state index contributed by atoms with van der Waals surface area (Å²) < 4.78 is 10.5. The largest absolute Gasteiger partial charge is 0.494 e. The third-order valence-corrected chi connectivity index (χ3v) is 4.35. The molecule has 24 heavy (non-hydrogen) atoms. The summed E-state index contributed by atoms with van der Waals surface area (Å²) in [6, 6.07) is 10.3. The maximum atomic E-state index is 12.3. The summed E-state index contributed by atoms with van der Waals surface area (Å²) in [5.74, 6) is 0.976. The minimum atomic E-state index is 0.0617. The Bertz CT molecular complexity index is 646. The molecule has 0 aliphatic carbocycles. The number of likely N-dealkylation sites (tertiary alicyclic amines) is 1. The summed E-state index contributed by atoms with van der Waals surface area (Å²) in [5.41, 5.74) is 1.85. The van der Waals surface area contributed by atoms with Crippen molar-refractivity contribution < 1.29 is 13.9 Å². The highest BCUT2D eigenvalue weighted by atomic mass is 16.5. The SMILES string of the molecule is CCOc1cccc(CNC2CCN(C(=O)c3ccoc3)CC2)c1. The molecule has 1 aliphatic heterocycles. The van der Waals surface area contributed by atoms with Crippen LogP contribution in [0, 0.1) is 0 Å². The highest BCUT2D eigenvalue weighted by Crippen LogP contribution is 2.16. The molecule has 1 N–H and O–H groups in total. The Hall–Kier alpha value is -2.27. The molecule has 1 saturated heterocycles. The standard InChI is InChI=1S/C19H24N2O3/c1-2-24-18-5-3-4-15(12-18)13-20-17-6-9-21(10-7-17)19(22)16-8-11-23-14-16/h3-5,8,11-12,14,17,20H,2,6-7,9-10,13H2,1H3. The number of rotatable bonds is 6. The van der Waals surface area contributed by atoms with Crippen LogP contribution in [0.5, 0.6) is 5.75 Å². The Kier molecular flexibility index (Phi) is 5.54. The zero-order valence-electron chi connectivity index (χ0n) is 14.0. The van der Waals surface area contributed by atoms with Crippen LogP contribution in [0.3, 0.4) is 0 Å². The van der Waals surface area contributed by atoms with Crippen LogP contribution in [0.15, 0.2) is 47.3 Å². The van der Waals surface area contributed by atoms with Gasteiger partial charge >= 0.3 is 0 Å². The van der Waals surface area contributed by atoms with Gasteiger partial charge in [-0.2, -0.15) is 0 Å². The van der Waals surface area contributed by atoms with Crippen LogP contribution in [-0.4, -0.2) is 36.5 Å². The molecular formula is C19H24N2O3. The average Bonchev–Trinajstić information content (AvgIpc) is 3.15.